The number of urea groups is 1. The van der Waals surface area contributed by atoms with Gasteiger partial charge in [0, 0.05) is 12.6 Å². The van der Waals surface area contributed by atoms with Crippen molar-refractivity contribution in [1.29, 1.82) is 0 Å². The minimum atomic E-state index is 0.0158. The molecule has 2 atom stereocenters. The van der Waals surface area contributed by atoms with E-state index in [0.717, 1.165) is 25.3 Å². The van der Waals surface area contributed by atoms with E-state index in [1.165, 1.54) is 19.3 Å². The van der Waals surface area contributed by atoms with E-state index in [4.69, 9.17) is 0 Å². The van der Waals surface area contributed by atoms with Crippen LogP contribution in [-0.4, -0.2) is 18.6 Å². The van der Waals surface area contributed by atoms with Gasteiger partial charge >= 0.3 is 6.03 Å². The van der Waals surface area contributed by atoms with E-state index in [9.17, 15) is 4.79 Å². The second-order valence-electron chi connectivity index (χ2n) is 4.14. The molecule has 0 aromatic rings. The molecule has 0 radical (unpaired) electrons. The highest BCUT2D eigenvalue weighted by Crippen LogP contribution is 2.34. The molecule has 0 spiro atoms. The number of nitrogens with one attached hydrogen (secondary N) is 2. The molecule has 1 fully saturated rings. The minimum Gasteiger partial charge on any atom is -0.338 e. The lowest BCUT2D eigenvalue weighted by atomic mass is 10.2. The van der Waals surface area contributed by atoms with Crippen molar-refractivity contribution >= 4 is 6.03 Å². The predicted molar refractivity (Wildman–Crippen MR) is 58.2 cm³/mol. The van der Waals surface area contributed by atoms with Gasteiger partial charge in [0.25, 0.3) is 0 Å². The number of hydrogen-bond acceptors (Lipinski definition) is 1. The highest BCUT2D eigenvalue weighted by Gasteiger charge is 2.36. The summed E-state index contributed by atoms with van der Waals surface area (Å²) in [4.78, 5) is 11.3. The van der Waals surface area contributed by atoms with Crippen LogP contribution >= 0.6 is 0 Å². The van der Waals surface area contributed by atoms with E-state index in [2.05, 4.69) is 24.5 Å². The Morgan fingerprint density at radius 1 is 1.36 bits per heavy atom. The van der Waals surface area contributed by atoms with Crippen molar-refractivity contribution in [2.24, 2.45) is 5.92 Å². The summed E-state index contributed by atoms with van der Waals surface area (Å²) < 4.78 is 0. The topological polar surface area (TPSA) is 41.1 Å². The molecule has 0 heterocycles. The first-order valence-corrected chi connectivity index (χ1v) is 5.82. The van der Waals surface area contributed by atoms with Gasteiger partial charge in [-0.3, -0.25) is 0 Å². The van der Waals surface area contributed by atoms with Crippen LogP contribution in [0.25, 0.3) is 0 Å². The summed E-state index contributed by atoms with van der Waals surface area (Å²) in [5.74, 6) is 0.747. The van der Waals surface area contributed by atoms with Gasteiger partial charge < -0.3 is 10.6 Å². The molecule has 0 aliphatic heterocycles. The lowest BCUT2D eigenvalue weighted by Gasteiger charge is -2.06. The molecule has 3 nitrogen and oxygen atoms in total. The van der Waals surface area contributed by atoms with E-state index >= 15 is 0 Å². The molecule has 1 aliphatic rings. The molecule has 14 heavy (non-hydrogen) atoms. The molecule has 0 bridgehead atoms. The van der Waals surface area contributed by atoms with E-state index < -0.39 is 0 Å². The van der Waals surface area contributed by atoms with Crippen LogP contribution in [0.15, 0.2) is 0 Å². The standard InChI is InChI=1S/C11H22N2O/c1-3-5-7-12-11(14)13-10-8-9(10)6-4-2/h9-10H,3-8H2,1-2H3,(H2,12,13,14). The third-order valence-electron chi connectivity index (χ3n) is 2.71. The molecular formula is C11H22N2O. The Hall–Kier alpha value is -0.730. The fourth-order valence-corrected chi connectivity index (χ4v) is 1.71. The Labute approximate surface area is 86.6 Å². The van der Waals surface area contributed by atoms with E-state index in [1.807, 2.05) is 0 Å². The van der Waals surface area contributed by atoms with Gasteiger partial charge in [-0.2, -0.15) is 0 Å². The fourth-order valence-electron chi connectivity index (χ4n) is 1.71. The molecule has 2 unspecified atom stereocenters. The average molecular weight is 198 g/mol. The van der Waals surface area contributed by atoms with Gasteiger partial charge in [0.05, 0.1) is 0 Å². The first-order valence-electron chi connectivity index (χ1n) is 5.82. The zero-order chi connectivity index (χ0) is 10.4. The van der Waals surface area contributed by atoms with Crippen molar-refractivity contribution < 1.29 is 4.79 Å². The van der Waals surface area contributed by atoms with Crippen LogP contribution in [0.3, 0.4) is 0 Å². The molecule has 1 saturated carbocycles. The van der Waals surface area contributed by atoms with Crippen LogP contribution < -0.4 is 10.6 Å². The van der Waals surface area contributed by atoms with Crippen LogP contribution in [0.4, 0.5) is 4.79 Å². The van der Waals surface area contributed by atoms with Crippen molar-refractivity contribution in [3.8, 4) is 0 Å². The number of unbranched alkanes of at least 4 members (excludes halogenated alkanes) is 1. The van der Waals surface area contributed by atoms with Crippen LogP contribution in [0.1, 0.15) is 46.0 Å². The molecule has 0 aromatic carbocycles. The summed E-state index contributed by atoms with van der Waals surface area (Å²) in [5.41, 5.74) is 0. The first-order chi connectivity index (χ1) is 6.77. The Morgan fingerprint density at radius 2 is 2.14 bits per heavy atom. The predicted octanol–water partition coefficient (Wildman–Crippen LogP) is 2.27. The summed E-state index contributed by atoms with van der Waals surface area (Å²) in [6, 6.07) is 0.471. The Morgan fingerprint density at radius 3 is 2.79 bits per heavy atom. The molecule has 3 heteroatoms. The van der Waals surface area contributed by atoms with Gasteiger partial charge in [0.1, 0.15) is 0 Å². The Bertz CT molecular complexity index is 182. The second-order valence-corrected chi connectivity index (χ2v) is 4.14. The van der Waals surface area contributed by atoms with Gasteiger partial charge in [-0.25, -0.2) is 4.79 Å². The largest absolute Gasteiger partial charge is 0.338 e. The molecule has 82 valence electrons. The highest BCUT2D eigenvalue weighted by molar-refractivity contribution is 5.74. The molecule has 1 aliphatic carbocycles. The number of carbonyl (C=O) groups excluding carboxylic acids is 1. The normalized spacial score (nSPS) is 24.4. The summed E-state index contributed by atoms with van der Waals surface area (Å²) in [5, 5.41) is 5.87. The molecule has 2 N–H and O–H groups in total. The van der Waals surface area contributed by atoms with Gasteiger partial charge in [-0.1, -0.05) is 26.7 Å². The zero-order valence-electron chi connectivity index (χ0n) is 9.31. The van der Waals surface area contributed by atoms with Crippen molar-refractivity contribution in [1.82, 2.24) is 10.6 Å². The monoisotopic (exact) mass is 198 g/mol. The molecule has 0 aromatic heterocycles. The van der Waals surface area contributed by atoms with Gasteiger partial charge in [0.15, 0.2) is 0 Å². The summed E-state index contributed by atoms with van der Waals surface area (Å²) in [6.45, 7) is 5.11. The zero-order valence-corrected chi connectivity index (χ0v) is 9.31. The maximum Gasteiger partial charge on any atom is 0.315 e. The third-order valence-corrected chi connectivity index (χ3v) is 2.71. The molecular weight excluding hydrogens is 176 g/mol. The van der Waals surface area contributed by atoms with Crippen LogP contribution in [0.2, 0.25) is 0 Å². The maximum absolute atomic E-state index is 11.3. The van der Waals surface area contributed by atoms with E-state index in [1.54, 1.807) is 0 Å². The van der Waals surface area contributed by atoms with Crippen molar-refractivity contribution in [3.05, 3.63) is 0 Å². The molecule has 0 saturated heterocycles. The van der Waals surface area contributed by atoms with Gasteiger partial charge in [-0.15, -0.1) is 0 Å². The van der Waals surface area contributed by atoms with E-state index in [-0.39, 0.29) is 6.03 Å². The lowest BCUT2D eigenvalue weighted by Crippen LogP contribution is -2.37. The Kier molecular flexibility index (Phi) is 4.77. The van der Waals surface area contributed by atoms with Gasteiger partial charge in [0.2, 0.25) is 0 Å². The molecule has 2 amide bonds. The van der Waals surface area contributed by atoms with Crippen molar-refractivity contribution in [3.63, 3.8) is 0 Å². The quantitative estimate of drug-likeness (QED) is 0.632. The first kappa shape index (κ1) is 11.3. The smallest absolute Gasteiger partial charge is 0.315 e. The van der Waals surface area contributed by atoms with Crippen LogP contribution in [0.5, 0.6) is 0 Å². The number of amides is 2. The number of rotatable bonds is 6. The third kappa shape index (κ3) is 3.99. The fraction of sp³-hybridized carbons (Fsp3) is 0.909. The average Bonchev–Trinajstić information content (AvgIpc) is 2.85. The summed E-state index contributed by atoms with van der Waals surface area (Å²) >= 11 is 0. The van der Waals surface area contributed by atoms with Gasteiger partial charge in [-0.05, 0) is 25.2 Å². The highest BCUT2D eigenvalue weighted by atomic mass is 16.2. The second kappa shape index (κ2) is 5.89. The summed E-state index contributed by atoms with van der Waals surface area (Å²) in [7, 11) is 0. The Balaban J connectivity index is 1.99. The number of hydrogen-bond donors (Lipinski definition) is 2. The van der Waals surface area contributed by atoms with Crippen molar-refractivity contribution in [2.75, 3.05) is 6.54 Å². The van der Waals surface area contributed by atoms with Crippen LogP contribution in [0, 0.1) is 5.92 Å². The number of carbonyl (C=O) groups is 1. The van der Waals surface area contributed by atoms with E-state index in [0.29, 0.717) is 6.04 Å². The maximum atomic E-state index is 11.3. The lowest BCUT2D eigenvalue weighted by molar-refractivity contribution is 0.239. The SMILES string of the molecule is CCCCNC(=O)NC1CC1CCC. The van der Waals surface area contributed by atoms with Crippen LogP contribution in [-0.2, 0) is 0 Å². The molecule has 1 rings (SSSR count). The summed E-state index contributed by atoms with van der Waals surface area (Å²) in [6.07, 6.45) is 5.84. The minimum absolute atomic E-state index is 0.0158. The van der Waals surface area contributed by atoms with Crippen molar-refractivity contribution in [2.45, 2.75) is 52.0 Å².